The quantitative estimate of drug-likeness (QED) is 0.276. The standard InChI is InChI=1S/C32H34N10O4/c1-32(44)19-41(20-32)27-22(12-33)13-34-28(40-27)39-25-8-10-26(11-9-25)42(31(43)46-18-21-6-4-3-5-7-21)29-35-14-23(15-36-29)24-16-37-30(45-2)38-17-24/h3-7,13-17,25-26,44H,8-11,18-20H2,1-2H3,(H,34,39,40)/t25-,26-. The highest BCUT2D eigenvalue weighted by molar-refractivity contribution is 5.86. The summed E-state index contributed by atoms with van der Waals surface area (Å²) in [7, 11) is 1.50. The van der Waals surface area contributed by atoms with Crippen molar-refractivity contribution in [3.63, 3.8) is 0 Å². The van der Waals surface area contributed by atoms with Crippen LogP contribution < -0.4 is 19.9 Å². The maximum Gasteiger partial charge on any atom is 0.417 e. The van der Waals surface area contributed by atoms with E-state index >= 15 is 0 Å². The van der Waals surface area contributed by atoms with Gasteiger partial charge in [0.25, 0.3) is 0 Å². The Morgan fingerprint density at radius 2 is 1.67 bits per heavy atom. The van der Waals surface area contributed by atoms with Crippen LogP contribution in [0, 0.1) is 11.3 Å². The van der Waals surface area contributed by atoms with Gasteiger partial charge in [-0.3, -0.25) is 0 Å². The van der Waals surface area contributed by atoms with Gasteiger partial charge in [0.1, 0.15) is 18.2 Å². The molecule has 2 fully saturated rings. The average Bonchev–Trinajstić information content (AvgIpc) is 3.08. The molecule has 2 N–H and O–H groups in total. The van der Waals surface area contributed by atoms with Crippen LogP contribution in [0.4, 0.5) is 22.5 Å². The van der Waals surface area contributed by atoms with Crippen molar-refractivity contribution in [1.29, 1.82) is 5.26 Å². The normalized spacial score (nSPS) is 18.5. The summed E-state index contributed by atoms with van der Waals surface area (Å²) in [4.78, 5) is 43.3. The van der Waals surface area contributed by atoms with Gasteiger partial charge in [0.2, 0.25) is 11.9 Å². The van der Waals surface area contributed by atoms with E-state index < -0.39 is 11.7 Å². The molecule has 0 unspecified atom stereocenters. The predicted molar refractivity (Wildman–Crippen MR) is 168 cm³/mol. The van der Waals surface area contributed by atoms with Gasteiger partial charge in [0.15, 0.2) is 5.82 Å². The third kappa shape index (κ3) is 6.94. The first-order valence-corrected chi connectivity index (χ1v) is 15.0. The van der Waals surface area contributed by atoms with Crippen LogP contribution in [0.2, 0.25) is 0 Å². The van der Waals surface area contributed by atoms with Crippen molar-refractivity contribution in [2.45, 2.75) is 56.9 Å². The number of nitriles is 1. The molecule has 4 aromatic rings. The number of anilines is 3. The predicted octanol–water partition coefficient (Wildman–Crippen LogP) is 3.74. The molecule has 1 saturated heterocycles. The second-order valence-corrected chi connectivity index (χ2v) is 11.7. The SMILES string of the molecule is COc1ncc(-c2cnc(N(C(=O)OCc3ccccc3)[C@H]3CC[C@H](Nc4ncc(C#N)c(N5CC(C)(O)C5)n4)CC3)nc2)cn1. The fourth-order valence-corrected chi connectivity index (χ4v) is 5.70. The summed E-state index contributed by atoms with van der Waals surface area (Å²) in [6, 6.07) is 11.8. The number of aliphatic hydroxyl groups is 1. The zero-order chi connectivity index (χ0) is 32.1. The molecule has 2 aliphatic rings. The van der Waals surface area contributed by atoms with Gasteiger partial charge in [-0.05, 0) is 38.2 Å². The van der Waals surface area contributed by atoms with E-state index in [2.05, 4.69) is 41.3 Å². The van der Waals surface area contributed by atoms with Gasteiger partial charge in [-0.2, -0.15) is 10.2 Å². The molecule has 0 bridgehead atoms. The van der Waals surface area contributed by atoms with E-state index in [0.717, 1.165) is 18.4 Å². The first kappa shape index (κ1) is 30.6. The Morgan fingerprint density at radius 3 is 2.28 bits per heavy atom. The summed E-state index contributed by atoms with van der Waals surface area (Å²) in [5.74, 6) is 1.18. The maximum absolute atomic E-state index is 13.6. The molecule has 236 valence electrons. The molecule has 0 radical (unpaired) electrons. The molecule has 1 aliphatic carbocycles. The Morgan fingerprint density at radius 1 is 1.02 bits per heavy atom. The van der Waals surface area contributed by atoms with E-state index in [1.807, 2.05) is 35.2 Å². The lowest BCUT2D eigenvalue weighted by Gasteiger charge is -2.45. The Bertz CT molecular complexity index is 1680. The minimum Gasteiger partial charge on any atom is -0.467 e. The van der Waals surface area contributed by atoms with Crippen LogP contribution in [0.15, 0.2) is 61.3 Å². The highest BCUT2D eigenvalue weighted by Gasteiger charge is 2.39. The van der Waals surface area contributed by atoms with E-state index in [1.165, 1.54) is 13.3 Å². The number of carbonyl (C=O) groups excluding carboxylic acids is 1. The minimum atomic E-state index is -0.800. The Labute approximate surface area is 266 Å². The van der Waals surface area contributed by atoms with Gasteiger partial charge in [-0.25, -0.2) is 34.6 Å². The van der Waals surface area contributed by atoms with Gasteiger partial charge >= 0.3 is 12.1 Å². The topological polar surface area (TPSA) is 175 Å². The Hall–Kier alpha value is -5.42. The van der Waals surface area contributed by atoms with Crippen LogP contribution in [0.5, 0.6) is 6.01 Å². The van der Waals surface area contributed by atoms with Crippen molar-refractivity contribution in [3.05, 3.63) is 72.4 Å². The molecule has 1 aromatic carbocycles. The number of nitrogens with one attached hydrogen (secondary N) is 1. The molecule has 14 heteroatoms. The lowest BCUT2D eigenvalue weighted by Crippen LogP contribution is -2.60. The molecule has 0 spiro atoms. The lowest BCUT2D eigenvalue weighted by molar-refractivity contribution is 0.0305. The molecule has 1 aliphatic heterocycles. The van der Waals surface area contributed by atoms with Crippen LogP contribution in [-0.4, -0.2) is 79.0 Å². The first-order chi connectivity index (χ1) is 22.3. The smallest absolute Gasteiger partial charge is 0.417 e. The van der Waals surface area contributed by atoms with Crippen molar-refractivity contribution < 1.29 is 19.4 Å². The van der Waals surface area contributed by atoms with Crippen LogP contribution in [0.25, 0.3) is 11.1 Å². The van der Waals surface area contributed by atoms with Crippen LogP contribution >= 0.6 is 0 Å². The van der Waals surface area contributed by atoms with Crippen LogP contribution in [0.3, 0.4) is 0 Å². The van der Waals surface area contributed by atoms with Crippen LogP contribution in [-0.2, 0) is 11.3 Å². The molecule has 1 saturated carbocycles. The summed E-state index contributed by atoms with van der Waals surface area (Å²) < 4.78 is 10.8. The number of ether oxygens (including phenoxy) is 2. The molecule has 3 aromatic heterocycles. The van der Waals surface area contributed by atoms with Gasteiger partial charge < -0.3 is 24.8 Å². The van der Waals surface area contributed by atoms with E-state index in [9.17, 15) is 15.2 Å². The number of benzene rings is 1. The number of amides is 1. The molecular formula is C32H34N10O4. The zero-order valence-electron chi connectivity index (χ0n) is 25.6. The highest BCUT2D eigenvalue weighted by Crippen LogP contribution is 2.31. The number of carbonyl (C=O) groups is 1. The zero-order valence-corrected chi connectivity index (χ0v) is 25.6. The van der Waals surface area contributed by atoms with Crippen molar-refractivity contribution in [2.24, 2.45) is 0 Å². The third-order valence-corrected chi connectivity index (χ3v) is 8.05. The fourth-order valence-electron chi connectivity index (χ4n) is 5.70. The lowest BCUT2D eigenvalue weighted by atomic mass is 9.90. The molecule has 46 heavy (non-hydrogen) atoms. The van der Waals surface area contributed by atoms with E-state index in [-0.39, 0.29) is 30.6 Å². The second kappa shape index (κ2) is 13.3. The number of β-amino-alcohol motifs (C(OH)–C–C–N with tert-alkyl or cyclic N) is 1. The fraction of sp³-hybridized carbons (Fsp3) is 0.375. The number of aromatic nitrogens is 6. The van der Waals surface area contributed by atoms with Gasteiger partial charge in [0.05, 0.1) is 18.9 Å². The highest BCUT2D eigenvalue weighted by atomic mass is 16.6. The van der Waals surface area contributed by atoms with E-state index in [0.29, 0.717) is 54.4 Å². The molecule has 14 nitrogen and oxygen atoms in total. The van der Waals surface area contributed by atoms with Crippen molar-refractivity contribution in [3.8, 4) is 23.2 Å². The monoisotopic (exact) mass is 622 g/mol. The molecule has 4 heterocycles. The molecule has 6 rings (SSSR count). The summed E-state index contributed by atoms with van der Waals surface area (Å²) in [5, 5.41) is 23.1. The summed E-state index contributed by atoms with van der Waals surface area (Å²) in [5.41, 5.74) is 1.85. The van der Waals surface area contributed by atoms with E-state index in [1.54, 1.807) is 36.6 Å². The van der Waals surface area contributed by atoms with Gasteiger partial charge in [-0.1, -0.05) is 30.3 Å². The second-order valence-electron chi connectivity index (χ2n) is 11.7. The van der Waals surface area contributed by atoms with Crippen molar-refractivity contribution in [1.82, 2.24) is 29.9 Å². The average molecular weight is 623 g/mol. The summed E-state index contributed by atoms with van der Waals surface area (Å²) in [6.45, 7) is 2.68. The molecular weight excluding hydrogens is 588 g/mol. The summed E-state index contributed by atoms with van der Waals surface area (Å²) >= 11 is 0. The largest absolute Gasteiger partial charge is 0.467 e. The number of methoxy groups -OCH3 is 1. The summed E-state index contributed by atoms with van der Waals surface area (Å²) in [6.07, 6.45) is 10.3. The van der Waals surface area contributed by atoms with Gasteiger partial charge in [0, 0.05) is 61.1 Å². The molecule has 0 atom stereocenters. The minimum absolute atomic E-state index is 0.0529. The number of rotatable bonds is 9. The van der Waals surface area contributed by atoms with Gasteiger partial charge in [-0.15, -0.1) is 0 Å². The maximum atomic E-state index is 13.6. The van der Waals surface area contributed by atoms with Crippen LogP contribution in [0.1, 0.15) is 43.7 Å². The van der Waals surface area contributed by atoms with Crippen molar-refractivity contribution in [2.75, 3.05) is 35.3 Å². The Kier molecular flexibility index (Phi) is 8.84. The number of hydrogen-bond donors (Lipinski definition) is 2. The Balaban J connectivity index is 1.15. The van der Waals surface area contributed by atoms with E-state index in [4.69, 9.17) is 9.47 Å². The van der Waals surface area contributed by atoms with Crippen molar-refractivity contribution >= 4 is 23.8 Å². The number of hydrogen-bond acceptors (Lipinski definition) is 13. The number of nitrogens with zero attached hydrogens (tertiary/aromatic N) is 9. The first-order valence-electron chi connectivity index (χ1n) is 15.0. The molecule has 1 amide bonds. The third-order valence-electron chi connectivity index (χ3n) is 8.05.